The molecule has 0 fully saturated rings. The van der Waals surface area contributed by atoms with Gasteiger partial charge in [0, 0.05) is 25.2 Å². The highest BCUT2D eigenvalue weighted by Crippen LogP contribution is 2.26. The average Bonchev–Trinajstić information content (AvgIpc) is 3.19. The van der Waals surface area contributed by atoms with Crippen LogP contribution in [-0.2, 0) is 4.79 Å². The zero-order chi connectivity index (χ0) is 20.6. The van der Waals surface area contributed by atoms with Crippen LogP contribution >= 0.6 is 23.4 Å². The van der Waals surface area contributed by atoms with Crippen molar-refractivity contribution in [2.45, 2.75) is 5.16 Å². The van der Waals surface area contributed by atoms with Gasteiger partial charge in [0.05, 0.1) is 27.1 Å². The van der Waals surface area contributed by atoms with E-state index in [1.165, 1.54) is 30.0 Å². The third kappa shape index (κ3) is 5.65. The number of anilines is 1. The summed E-state index contributed by atoms with van der Waals surface area (Å²) in [5, 5.41) is 28.8. The smallest absolute Gasteiger partial charge is 0.271 e. The molecule has 0 spiro atoms. The second-order valence-electron chi connectivity index (χ2n) is 5.70. The minimum absolute atomic E-state index is 0.0799. The largest absolute Gasteiger partial charge is 0.382 e. The fraction of sp³-hybridized carbons (Fsp3) is 0.176. The lowest BCUT2D eigenvalue weighted by Gasteiger charge is -2.09. The summed E-state index contributed by atoms with van der Waals surface area (Å²) in [7, 11) is 0. The number of para-hydroxylation sites is 1. The van der Waals surface area contributed by atoms with Crippen LogP contribution in [0.4, 0.5) is 11.4 Å². The van der Waals surface area contributed by atoms with Crippen molar-refractivity contribution in [3.63, 3.8) is 0 Å². The topological polar surface area (TPSA) is 128 Å². The summed E-state index contributed by atoms with van der Waals surface area (Å²) in [5.74, 6) is -0.0138. The van der Waals surface area contributed by atoms with Crippen molar-refractivity contribution in [2.75, 3.05) is 24.2 Å². The average molecular weight is 434 g/mol. The monoisotopic (exact) mass is 433 g/mol. The number of amides is 1. The Bertz CT molecular complexity index is 1000. The predicted octanol–water partition coefficient (Wildman–Crippen LogP) is 2.54. The molecule has 1 aromatic heterocycles. The Morgan fingerprint density at radius 1 is 1.21 bits per heavy atom. The highest BCUT2D eigenvalue weighted by atomic mass is 35.5. The number of halogens is 1. The number of carbonyl (C=O) groups is 1. The molecular formula is C17H16ClN7O3S. The maximum Gasteiger partial charge on any atom is 0.271 e. The molecule has 150 valence electrons. The van der Waals surface area contributed by atoms with E-state index in [1.54, 1.807) is 4.68 Å². The third-order valence-electron chi connectivity index (χ3n) is 3.70. The van der Waals surface area contributed by atoms with E-state index in [4.69, 9.17) is 11.6 Å². The van der Waals surface area contributed by atoms with Crippen molar-refractivity contribution in [3.8, 4) is 5.69 Å². The molecule has 0 unspecified atom stereocenters. The van der Waals surface area contributed by atoms with Gasteiger partial charge in [0.25, 0.3) is 5.69 Å². The van der Waals surface area contributed by atoms with Crippen molar-refractivity contribution in [1.82, 2.24) is 25.5 Å². The molecule has 0 atom stereocenters. The Kier molecular flexibility index (Phi) is 6.98. The lowest BCUT2D eigenvalue weighted by atomic mass is 10.3. The Balaban J connectivity index is 1.42. The van der Waals surface area contributed by atoms with E-state index in [1.807, 2.05) is 30.3 Å². The number of aromatic nitrogens is 4. The van der Waals surface area contributed by atoms with Crippen LogP contribution in [0.1, 0.15) is 0 Å². The zero-order valence-corrected chi connectivity index (χ0v) is 16.6. The first-order valence-corrected chi connectivity index (χ1v) is 9.82. The van der Waals surface area contributed by atoms with Gasteiger partial charge in [0.2, 0.25) is 11.1 Å². The molecule has 0 bridgehead atoms. The number of nitro groups is 1. The number of thioether (sulfide) groups is 1. The van der Waals surface area contributed by atoms with E-state index in [-0.39, 0.29) is 22.4 Å². The summed E-state index contributed by atoms with van der Waals surface area (Å²) in [6, 6.07) is 13.6. The Labute approximate surface area is 174 Å². The molecular weight excluding hydrogens is 418 g/mol. The summed E-state index contributed by atoms with van der Waals surface area (Å²) in [4.78, 5) is 22.2. The summed E-state index contributed by atoms with van der Waals surface area (Å²) in [6.45, 7) is 0.770. The number of rotatable bonds is 9. The van der Waals surface area contributed by atoms with Gasteiger partial charge in [-0.15, -0.1) is 5.10 Å². The second kappa shape index (κ2) is 9.85. The highest BCUT2D eigenvalue weighted by molar-refractivity contribution is 7.99. The molecule has 0 saturated heterocycles. The SMILES string of the molecule is O=C(CSc1nnnn1-c1ccccc1)NCCNc1ccc([N+](=O)[O-])cc1Cl. The normalized spacial score (nSPS) is 10.5. The Morgan fingerprint density at radius 3 is 2.72 bits per heavy atom. The minimum Gasteiger partial charge on any atom is -0.382 e. The lowest BCUT2D eigenvalue weighted by molar-refractivity contribution is -0.384. The molecule has 3 aromatic rings. The number of nitrogens with one attached hydrogen (secondary N) is 2. The summed E-state index contributed by atoms with van der Waals surface area (Å²) in [6.07, 6.45) is 0. The van der Waals surface area contributed by atoms with E-state index in [0.29, 0.717) is 23.9 Å². The van der Waals surface area contributed by atoms with E-state index in [9.17, 15) is 14.9 Å². The van der Waals surface area contributed by atoms with Gasteiger partial charge in [-0.3, -0.25) is 14.9 Å². The van der Waals surface area contributed by atoms with Gasteiger partial charge in [0.15, 0.2) is 0 Å². The van der Waals surface area contributed by atoms with Crippen LogP contribution < -0.4 is 10.6 Å². The molecule has 10 nitrogen and oxygen atoms in total. The molecule has 29 heavy (non-hydrogen) atoms. The van der Waals surface area contributed by atoms with Crippen LogP contribution in [0, 0.1) is 10.1 Å². The van der Waals surface area contributed by atoms with Crippen LogP contribution in [-0.4, -0.2) is 49.9 Å². The standard InChI is InChI=1S/C17H16ClN7O3S/c18-14-10-13(25(27)28)6-7-15(14)19-8-9-20-16(26)11-29-17-21-22-23-24(17)12-4-2-1-3-5-12/h1-7,10,19H,8-9,11H2,(H,20,26). The number of nitro benzene ring substituents is 1. The molecule has 0 saturated carbocycles. The third-order valence-corrected chi connectivity index (χ3v) is 4.93. The van der Waals surface area contributed by atoms with Gasteiger partial charge in [-0.25, -0.2) is 0 Å². The molecule has 2 N–H and O–H groups in total. The number of carbonyl (C=O) groups excluding carboxylic acids is 1. The molecule has 0 aliphatic heterocycles. The van der Waals surface area contributed by atoms with Gasteiger partial charge in [0.1, 0.15) is 0 Å². The fourth-order valence-electron chi connectivity index (χ4n) is 2.34. The van der Waals surface area contributed by atoms with E-state index < -0.39 is 4.92 Å². The molecule has 0 radical (unpaired) electrons. The van der Waals surface area contributed by atoms with Crippen LogP contribution in [0.15, 0.2) is 53.7 Å². The van der Waals surface area contributed by atoms with Crippen LogP contribution in [0.25, 0.3) is 5.69 Å². The highest BCUT2D eigenvalue weighted by Gasteiger charge is 2.12. The lowest BCUT2D eigenvalue weighted by Crippen LogP contribution is -2.30. The van der Waals surface area contributed by atoms with Crippen LogP contribution in [0.5, 0.6) is 0 Å². The van der Waals surface area contributed by atoms with Gasteiger partial charge in [-0.1, -0.05) is 41.6 Å². The number of hydrogen-bond acceptors (Lipinski definition) is 8. The van der Waals surface area contributed by atoms with Crippen molar-refractivity contribution >= 4 is 40.6 Å². The van der Waals surface area contributed by atoms with Crippen LogP contribution in [0.2, 0.25) is 5.02 Å². The van der Waals surface area contributed by atoms with Crippen molar-refractivity contribution in [1.29, 1.82) is 0 Å². The number of non-ortho nitro benzene ring substituents is 1. The second-order valence-corrected chi connectivity index (χ2v) is 7.05. The van der Waals surface area contributed by atoms with E-state index >= 15 is 0 Å². The number of benzene rings is 2. The molecule has 3 rings (SSSR count). The maximum atomic E-state index is 12.0. The first-order valence-electron chi connectivity index (χ1n) is 8.45. The predicted molar refractivity (Wildman–Crippen MR) is 109 cm³/mol. The first-order chi connectivity index (χ1) is 14.0. The van der Waals surface area contributed by atoms with Gasteiger partial charge >= 0.3 is 0 Å². The van der Waals surface area contributed by atoms with Gasteiger partial charge < -0.3 is 10.6 Å². The number of hydrogen-bond donors (Lipinski definition) is 2. The summed E-state index contributed by atoms with van der Waals surface area (Å²) < 4.78 is 1.57. The molecule has 12 heteroatoms. The first kappa shape index (κ1) is 20.6. The van der Waals surface area contributed by atoms with Crippen molar-refractivity contribution in [3.05, 3.63) is 63.7 Å². The Morgan fingerprint density at radius 2 is 2.00 bits per heavy atom. The zero-order valence-electron chi connectivity index (χ0n) is 15.0. The van der Waals surface area contributed by atoms with Crippen molar-refractivity contribution < 1.29 is 9.72 Å². The number of tetrazole rings is 1. The summed E-state index contributed by atoms with van der Waals surface area (Å²) in [5.41, 5.74) is 1.29. The number of nitrogens with zero attached hydrogens (tertiary/aromatic N) is 5. The van der Waals surface area contributed by atoms with E-state index in [0.717, 1.165) is 5.69 Å². The van der Waals surface area contributed by atoms with Gasteiger partial charge in [-0.05, 0) is 28.6 Å². The van der Waals surface area contributed by atoms with Crippen LogP contribution in [0.3, 0.4) is 0 Å². The van der Waals surface area contributed by atoms with E-state index in [2.05, 4.69) is 26.2 Å². The maximum absolute atomic E-state index is 12.0. The molecule has 1 heterocycles. The van der Waals surface area contributed by atoms with Gasteiger partial charge in [-0.2, -0.15) is 4.68 Å². The molecule has 1 amide bonds. The quantitative estimate of drug-likeness (QED) is 0.228. The fourth-order valence-corrected chi connectivity index (χ4v) is 3.30. The molecule has 0 aliphatic rings. The Hall–Kier alpha value is -3.18. The molecule has 2 aromatic carbocycles. The minimum atomic E-state index is -0.512. The molecule has 0 aliphatic carbocycles. The van der Waals surface area contributed by atoms with Crippen molar-refractivity contribution in [2.24, 2.45) is 0 Å². The summed E-state index contributed by atoms with van der Waals surface area (Å²) >= 11 is 7.24.